The van der Waals surface area contributed by atoms with Crippen LogP contribution in [0.25, 0.3) is 0 Å². The molecule has 1 aromatic rings. The summed E-state index contributed by atoms with van der Waals surface area (Å²) in [4.78, 5) is -0.269. The van der Waals surface area contributed by atoms with Crippen molar-refractivity contribution in [1.82, 2.24) is 4.31 Å². The lowest BCUT2D eigenvalue weighted by atomic mass is 10.2. The molecule has 1 heterocycles. The Labute approximate surface area is 124 Å². The number of hydrogen-bond acceptors (Lipinski definition) is 4. The summed E-state index contributed by atoms with van der Waals surface area (Å²) < 4.78 is 50.8. The van der Waals surface area contributed by atoms with Gasteiger partial charge in [-0.05, 0) is 31.0 Å². The fourth-order valence-corrected chi connectivity index (χ4v) is 3.89. The Hall–Kier alpha value is -1.02. The van der Waals surface area contributed by atoms with Crippen molar-refractivity contribution in [3.05, 3.63) is 29.6 Å². The van der Waals surface area contributed by atoms with Gasteiger partial charge >= 0.3 is 0 Å². The van der Waals surface area contributed by atoms with Crippen LogP contribution in [0.2, 0.25) is 0 Å². The molecule has 0 spiro atoms. The summed E-state index contributed by atoms with van der Waals surface area (Å²) in [7, 11) is -2.25. The molecule has 21 heavy (non-hydrogen) atoms. The van der Waals surface area contributed by atoms with Crippen LogP contribution < -0.4 is 0 Å². The number of rotatable bonds is 5. The van der Waals surface area contributed by atoms with E-state index in [2.05, 4.69) is 0 Å². The molecule has 0 saturated carbocycles. The molecule has 1 saturated heterocycles. The lowest BCUT2D eigenvalue weighted by Gasteiger charge is -2.32. The van der Waals surface area contributed by atoms with Gasteiger partial charge in [0.15, 0.2) is 0 Å². The molecule has 0 amide bonds. The van der Waals surface area contributed by atoms with E-state index in [0.29, 0.717) is 25.2 Å². The molecule has 5 nitrogen and oxygen atoms in total. The average Bonchev–Trinajstić information content (AvgIpc) is 2.48. The number of halogens is 1. The van der Waals surface area contributed by atoms with E-state index in [9.17, 15) is 12.8 Å². The molecule has 0 aromatic heterocycles. The number of hydrogen-bond donors (Lipinski definition) is 0. The number of aryl methyl sites for hydroxylation is 1. The van der Waals surface area contributed by atoms with Gasteiger partial charge in [0.1, 0.15) is 10.7 Å². The maximum atomic E-state index is 13.9. The molecule has 0 bridgehead atoms. The van der Waals surface area contributed by atoms with Crippen molar-refractivity contribution in [3.8, 4) is 0 Å². The first-order valence-corrected chi connectivity index (χ1v) is 8.26. The van der Waals surface area contributed by atoms with Gasteiger partial charge in [-0.1, -0.05) is 6.07 Å². The largest absolute Gasteiger partial charge is 0.385 e. The van der Waals surface area contributed by atoms with Gasteiger partial charge in [-0.3, -0.25) is 0 Å². The normalized spacial score (nSPS) is 20.6. The SMILES string of the molecule is COCC[C@H]1CN(S(=O)(=O)c2cc(C)ccc2F)CCO1. The first-order chi connectivity index (χ1) is 9.95. The topological polar surface area (TPSA) is 55.8 Å². The van der Waals surface area contributed by atoms with Gasteiger partial charge in [0.05, 0.1) is 12.7 Å². The Balaban J connectivity index is 2.20. The van der Waals surface area contributed by atoms with Gasteiger partial charge in [-0.25, -0.2) is 12.8 Å². The van der Waals surface area contributed by atoms with Gasteiger partial charge in [0.25, 0.3) is 0 Å². The minimum absolute atomic E-state index is 0.221. The zero-order valence-electron chi connectivity index (χ0n) is 12.2. The summed E-state index contributed by atoms with van der Waals surface area (Å²) in [5.74, 6) is -0.722. The van der Waals surface area contributed by atoms with Crippen LogP contribution in [0.5, 0.6) is 0 Å². The molecule has 0 aliphatic carbocycles. The second-order valence-electron chi connectivity index (χ2n) is 5.07. The van der Waals surface area contributed by atoms with Gasteiger partial charge < -0.3 is 9.47 Å². The fourth-order valence-electron chi connectivity index (χ4n) is 2.28. The van der Waals surface area contributed by atoms with Crippen LogP contribution in [0.1, 0.15) is 12.0 Å². The van der Waals surface area contributed by atoms with Crippen molar-refractivity contribution in [2.45, 2.75) is 24.3 Å². The lowest BCUT2D eigenvalue weighted by Crippen LogP contribution is -2.46. The van der Waals surface area contributed by atoms with Gasteiger partial charge in [-0.15, -0.1) is 0 Å². The molecule has 1 aliphatic rings. The molecule has 1 fully saturated rings. The Kier molecular flexibility index (Phi) is 5.32. The highest BCUT2D eigenvalue weighted by Crippen LogP contribution is 2.23. The van der Waals surface area contributed by atoms with E-state index in [4.69, 9.17) is 9.47 Å². The van der Waals surface area contributed by atoms with Crippen molar-refractivity contribution in [2.24, 2.45) is 0 Å². The van der Waals surface area contributed by atoms with E-state index < -0.39 is 15.8 Å². The smallest absolute Gasteiger partial charge is 0.246 e. The first kappa shape index (κ1) is 16.4. The monoisotopic (exact) mass is 317 g/mol. The second-order valence-corrected chi connectivity index (χ2v) is 6.98. The van der Waals surface area contributed by atoms with Crippen LogP contribution in [0.3, 0.4) is 0 Å². The molecule has 2 rings (SSSR count). The Bertz CT molecular complexity index is 591. The third-order valence-electron chi connectivity index (χ3n) is 3.45. The number of morpholine rings is 1. The van der Waals surface area contributed by atoms with Gasteiger partial charge in [-0.2, -0.15) is 4.31 Å². The minimum Gasteiger partial charge on any atom is -0.385 e. The number of ether oxygens (including phenoxy) is 2. The Morgan fingerprint density at radius 3 is 2.95 bits per heavy atom. The van der Waals surface area contributed by atoms with E-state index >= 15 is 0 Å². The minimum atomic E-state index is -3.84. The van der Waals surface area contributed by atoms with Crippen LogP contribution in [0, 0.1) is 12.7 Å². The van der Waals surface area contributed by atoms with Crippen LogP contribution in [-0.4, -0.2) is 52.2 Å². The zero-order valence-corrected chi connectivity index (χ0v) is 13.0. The van der Waals surface area contributed by atoms with E-state index in [1.165, 1.54) is 16.4 Å². The van der Waals surface area contributed by atoms with Gasteiger partial charge in [0, 0.05) is 26.8 Å². The molecular formula is C14H20FNO4S. The van der Waals surface area contributed by atoms with Crippen LogP contribution in [0.15, 0.2) is 23.1 Å². The van der Waals surface area contributed by atoms with Crippen molar-refractivity contribution in [2.75, 3.05) is 33.4 Å². The molecular weight excluding hydrogens is 297 g/mol. The highest BCUT2D eigenvalue weighted by molar-refractivity contribution is 7.89. The van der Waals surface area contributed by atoms with E-state index in [-0.39, 0.29) is 24.1 Å². The van der Waals surface area contributed by atoms with Crippen LogP contribution >= 0.6 is 0 Å². The summed E-state index contributed by atoms with van der Waals surface area (Å²) in [5.41, 5.74) is 0.708. The molecule has 118 valence electrons. The van der Waals surface area contributed by atoms with E-state index in [0.717, 1.165) is 0 Å². The molecule has 0 radical (unpaired) electrons. The Morgan fingerprint density at radius 2 is 2.24 bits per heavy atom. The fraction of sp³-hybridized carbons (Fsp3) is 0.571. The number of sulfonamides is 1. The number of benzene rings is 1. The maximum Gasteiger partial charge on any atom is 0.246 e. The highest BCUT2D eigenvalue weighted by Gasteiger charge is 2.32. The number of methoxy groups -OCH3 is 1. The zero-order chi connectivity index (χ0) is 15.5. The van der Waals surface area contributed by atoms with Gasteiger partial charge in [0.2, 0.25) is 10.0 Å². The molecule has 1 aromatic carbocycles. The van der Waals surface area contributed by atoms with E-state index in [1.807, 2.05) is 0 Å². The first-order valence-electron chi connectivity index (χ1n) is 6.82. The Morgan fingerprint density at radius 1 is 1.48 bits per heavy atom. The van der Waals surface area contributed by atoms with Crippen LogP contribution in [0.4, 0.5) is 4.39 Å². The molecule has 1 aliphatic heterocycles. The molecule has 0 unspecified atom stereocenters. The summed E-state index contributed by atoms with van der Waals surface area (Å²) in [5, 5.41) is 0. The summed E-state index contributed by atoms with van der Waals surface area (Å²) in [6, 6.07) is 4.10. The summed E-state index contributed by atoms with van der Waals surface area (Å²) in [6.07, 6.45) is 0.389. The molecule has 0 N–H and O–H groups in total. The van der Waals surface area contributed by atoms with Crippen molar-refractivity contribution < 1.29 is 22.3 Å². The quantitative estimate of drug-likeness (QED) is 0.827. The van der Waals surface area contributed by atoms with Crippen molar-refractivity contribution in [3.63, 3.8) is 0 Å². The highest BCUT2D eigenvalue weighted by atomic mass is 32.2. The average molecular weight is 317 g/mol. The lowest BCUT2D eigenvalue weighted by molar-refractivity contribution is -0.0168. The summed E-state index contributed by atoms with van der Waals surface area (Å²) >= 11 is 0. The predicted molar refractivity (Wildman–Crippen MR) is 76.1 cm³/mol. The third-order valence-corrected chi connectivity index (χ3v) is 5.33. The molecule has 1 atom stereocenters. The predicted octanol–water partition coefficient (Wildman–Crippen LogP) is 1.56. The number of nitrogens with zero attached hydrogens (tertiary/aromatic N) is 1. The summed E-state index contributed by atoms with van der Waals surface area (Å²) in [6.45, 7) is 3.00. The standard InChI is InChI=1S/C14H20FNO4S/c1-11-3-4-13(15)14(9-11)21(17,18)16-6-8-20-12(10-16)5-7-19-2/h3-4,9,12H,5-8,10H2,1-2H3/t12-/m0/s1. The van der Waals surface area contributed by atoms with E-state index in [1.54, 1.807) is 20.1 Å². The van der Waals surface area contributed by atoms with Crippen LogP contribution in [-0.2, 0) is 19.5 Å². The second kappa shape index (κ2) is 6.83. The maximum absolute atomic E-state index is 13.9. The molecule has 7 heteroatoms. The van der Waals surface area contributed by atoms with Crippen molar-refractivity contribution in [1.29, 1.82) is 0 Å². The third kappa shape index (κ3) is 3.79. The van der Waals surface area contributed by atoms with Crippen molar-refractivity contribution >= 4 is 10.0 Å².